The molecule has 0 saturated carbocycles. The Morgan fingerprint density at radius 3 is 2.61 bits per heavy atom. The van der Waals surface area contributed by atoms with E-state index in [1.165, 1.54) is 6.07 Å². The molecule has 2 heterocycles. The van der Waals surface area contributed by atoms with Crippen LogP contribution in [0.25, 0.3) is 0 Å². The summed E-state index contributed by atoms with van der Waals surface area (Å²) in [6, 6.07) is 12.3. The number of piperidine rings is 1. The van der Waals surface area contributed by atoms with Gasteiger partial charge in [-0.3, -0.25) is 9.69 Å². The summed E-state index contributed by atoms with van der Waals surface area (Å²) in [5.74, 6) is -0.254. The van der Waals surface area contributed by atoms with Gasteiger partial charge in [0.15, 0.2) is 0 Å². The number of halogens is 2. The topological polar surface area (TPSA) is 64.0 Å². The number of fused-ring (bicyclic) bond motifs is 1. The molecule has 2 fully saturated rings. The van der Waals surface area contributed by atoms with E-state index in [4.69, 9.17) is 23.2 Å². The number of carbonyl (C=O) groups is 1. The van der Waals surface area contributed by atoms with E-state index in [1.807, 2.05) is 12.1 Å². The van der Waals surface area contributed by atoms with Gasteiger partial charge < -0.3 is 15.1 Å². The molecule has 5 nitrogen and oxygen atoms in total. The van der Waals surface area contributed by atoms with Crippen molar-refractivity contribution in [1.82, 2.24) is 9.80 Å². The molecule has 2 N–H and O–H groups in total. The van der Waals surface area contributed by atoms with E-state index in [0.29, 0.717) is 43.2 Å². The number of phenols is 1. The lowest BCUT2D eigenvalue weighted by Gasteiger charge is -2.49. The van der Waals surface area contributed by atoms with Crippen LogP contribution in [0.1, 0.15) is 28.8 Å². The van der Waals surface area contributed by atoms with E-state index in [9.17, 15) is 15.0 Å². The normalized spacial score (nSPS) is 25.4. The van der Waals surface area contributed by atoms with Crippen LogP contribution in [0.3, 0.4) is 0 Å². The molecule has 0 radical (unpaired) electrons. The molecule has 2 atom stereocenters. The van der Waals surface area contributed by atoms with Gasteiger partial charge in [0.05, 0.1) is 10.6 Å². The highest BCUT2D eigenvalue weighted by atomic mass is 35.5. The fraction of sp³-hybridized carbons (Fsp3) is 0.381. The zero-order valence-corrected chi connectivity index (χ0v) is 16.8. The van der Waals surface area contributed by atoms with Crippen LogP contribution in [0.2, 0.25) is 10.0 Å². The third kappa shape index (κ3) is 3.60. The van der Waals surface area contributed by atoms with Crippen LogP contribution in [0.4, 0.5) is 0 Å². The molecule has 0 spiro atoms. The number of aliphatic hydroxyl groups is 1. The number of hydrogen-bond acceptors (Lipinski definition) is 4. The number of hydrogen-bond donors (Lipinski definition) is 2. The fourth-order valence-corrected chi connectivity index (χ4v) is 4.56. The minimum Gasteiger partial charge on any atom is -0.506 e. The lowest BCUT2D eigenvalue weighted by atomic mass is 9.82. The van der Waals surface area contributed by atoms with Gasteiger partial charge in [-0.25, -0.2) is 0 Å². The standard InChI is InChI=1S/C21H22Cl2N2O3/c22-15-6-4-14(5-7-15)21(28)9-8-16-12-24(10-11-25(16)13-21)20(27)17-2-1-3-18(26)19(17)23/h1-7,16,26,28H,8-13H2/t16-,21-/m1/s1. The van der Waals surface area contributed by atoms with Crippen molar-refractivity contribution < 1.29 is 15.0 Å². The van der Waals surface area contributed by atoms with E-state index < -0.39 is 5.60 Å². The van der Waals surface area contributed by atoms with Gasteiger partial charge >= 0.3 is 0 Å². The quantitative estimate of drug-likeness (QED) is 0.779. The summed E-state index contributed by atoms with van der Waals surface area (Å²) in [5, 5.41) is 21.7. The van der Waals surface area contributed by atoms with Crippen molar-refractivity contribution in [2.75, 3.05) is 26.2 Å². The molecule has 0 bridgehead atoms. The largest absolute Gasteiger partial charge is 0.506 e. The Morgan fingerprint density at radius 1 is 1.11 bits per heavy atom. The summed E-state index contributed by atoms with van der Waals surface area (Å²) in [4.78, 5) is 16.9. The molecule has 2 aliphatic rings. The second-order valence-corrected chi connectivity index (χ2v) is 8.41. The van der Waals surface area contributed by atoms with Crippen molar-refractivity contribution in [3.63, 3.8) is 0 Å². The number of carbonyl (C=O) groups excluding carboxylic acids is 1. The maximum absolute atomic E-state index is 12.9. The second-order valence-electron chi connectivity index (χ2n) is 7.59. The van der Waals surface area contributed by atoms with Gasteiger partial charge in [0, 0.05) is 37.2 Å². The maximum atomic E-state index is 12.9. The molecule has 2 aromatic carbocycles. The Labute approximate surface area is 174 Å². The van der Waals surface area contributed by atoms with Gasteiger partial charge in [0.1, 0.15) is 11.4 Å². The van der Waals surface area contributed by atoms with Crippen LogP contribution in [0, 0.1) is 0 Å². The fourth-order valence-electron chi connectivity index (χ4n) is 4.23. The van der Waals surface area contributed by atoms with Crippen LogP contribution in [-0.2, 0) is 5.60 Å². The average molecular weight is 421 g/mol. The van der Waals surface area contributed by atoms with Crippen molar-refractivity contribution in [2.24, 2.45) is 0 Å². The van der Waals surface area contributed by atoms with Gasteiger partial charge in [0.2, 0.25) is 0 Å². The summed E-state index contributed by atoms with van der Waals surface area (Å²) in [7, 11) is 0. The van der Waals surface area contributed by atoms with E-state index in [0.717, 1.165) is 12.0 Å². The van der Waals surface area contributed by atoms with Crippen LogP contribution in [0.5, 0.6) is 5.75 Å². The zero-order valence-electron chi connectivity index (χ0n) is 15.3. The smallest absolute Gasteiger partial charge is 0.255 e. The molecule has 0 aliphatic carbocycles. The summed E-state index contributed by atoms with van der Waals surface area (Å²) in [6.07, 6.45) is 1.42. The van der Waals surface area contributed by atoms with E-state index >= 15 is 0 Å². The lowest BCUT2D eigenvalue weighted by molar-refractivity contribution is -0.0740. The van der Waals surface area contributed by atoms with Gasteiger partial charge in [-0.15, -0.1) is 0 Å². The van der Waals surface area contributed by atoms with Gasteiger partial charge in [-0.1, -0.05) is 41.4 Å². The molecule has 4 rings (SSSR count). The van der Waals surface area contributed by atoms with Crippen molar-refractivity contribution in [3.05, 3.63) is 63.6 Å². The highest BCUT2D eigenvalue weighted by Gasteiger charge is 2.42. The van der Waals surface area contributed by atoms with Gasteiger partial charge in [-0.05, 0) is 42.7 Å². The second kappa shape index (κ2) is 7.56. The van der Waals surface area contributed by atoms with Crippen molar-refractivity contribution in [3.8, 4) is 5.75 Å². The number of benzene rings is 2. The molecule has 2 aromatic rings. The molecule has 0 unspecified atom stereocenters. The number of piperazine rings is 1. The molecule has 28 heavy (non-hydrogen) atoms. The Bertz CT molecular complexity index is 890. The van der Waals surface area contributed by atoms with Crippen molar-refractivity contribution in [2.45, 2.75) is 24.5 Å². The Hall–Kier alpha value is -1.79. The average Bonchev–Trinajstić information content (AvgIpc) is 2.69. The van der Waals surface area contributed by atoms with E-state index in [1.54, 1.807) is 29.2 Å². The molecule has 0 aromatic heterocycles. The maximum Gasteiger partial charge on any atom is 0.255 e. The minimum atomic E-state index is -0.901. The lowest BCUT2D eigenvalue weighted by Crippen LogP contribution is -2.60. The predicted octanol–water partition coefficient (Wildman–Crippen LogP) is 3.51. The summed E-state index contributed by atoms with van der Waals surface area (Å²) in [5.41, 5.74) is 0.297. The number of phenolic OH excluding ortho intramolecular Hbond substituents is 1. The van der Waals surface area contributed by atoms with Crippen LogP contribution in [-0.4, -0.2) is 58.1 Å². The van der Waals surface area contributed by atoms with Crippen LogP contribution in [0.15, 0.2) is 42.5 Å². The molecule has 148 valence electrons. The number of nitrogens with zero attached hydrogens (tertiary/aromatic N) is 2. The molecular formula is C21H22Cl2N2O3. The first kappa shape index (κ1) is 19.5. The molecular weight excluding hydrogens is 399 g/mol. The van der Waals surface area contributed by atoms with Crippen LogP contribution < -0.4 is 0 Å². The van der Waals surface area contributed by atoms with Crippen molar-refractivity contribution >= 4 is 29.1 Å². The summed E-state index contributed by atoms with van der Waals surface area (Å²) >= 11 is 12.1. The first-order valence-electron chi connectivity index (χ1n) is 9.37. The number of aromatic hydroxyl groups is 1. The summed E-state index contributed by atoms with van der Waals surface area (Å²) < 4.78 is 0. The molecule has 2 saturated heterocycles. The minimum absolute atomic E-state index is 0.0863. The molecule has 2 aliphatic heterocycles. The summed E-state index contributed by atoms with van der Waals surface area (Å²) in [6.45, 7) is 2.36. The van der Waals surface area contributed by atoms with Crippen molar-refractivity contribution in [1.29, 1.82) is 0 Å². The Balaban J connectivity index is 1.46. The Kier molecular flexibility index (Phi) is 5.27. The van der Waals surface area contributed by atoms with E-state index in [-0.39, 0.29) is 22.7 Å². The Morgan fingerprint density at radius 2 is 1.86 bits per heavy atom. The first-order valence-corrected chi connectivity index (χ1v) is 10.1. The van der Waals surface area contributed by atoms with Gasteiger partial charge in [-0.2, -0.15) is 0 Å². The third-order valence-corrected chi connectivity index (χ3v) is 6.49. The molecule has 7 heteroatoms. The SMILES string of the molecule is O=C(c1cccc(O)c1Cl)N1CCN2C[C@@](O)(c3ccc(Cl)cc3)CC[C@@H]2C1. The third-order valence-electron chi connectivity index (χ3n) is 5.84. The monoisotopic (exact) mass is 420 g/mol. The first-order chi connectivity index (χ1) is 13.4. The van der Waals surface area contributed by atoms with E-state index in [2.05, 4.69) is 4.90 Å². The number of amides is 1. The highest BCUT2D eigenvalue weighted by molar-refractivity contribution is 6.35. The van der Waals surface area contributed by atoms with Gasteiger partial charge in [0.25, 0.3) is 5.91 Å². The molecule has 1 amide bonds. The highest BCUT2D eigenvalue weighted by Crippen LogP contribution is 2.36. The number of rotatable bonds is 2. The van der Waals surface area contributed by atoms with Crippen LogP contribution >= 0.6 is 23.2 Å². The predicted molar refractivity (Wildman–Crippen MR) is 109 cm³/mol. The zero-order chi connectivity index (χ0) is 19.9.